The summed E-state index contributed by atoms with van der Waals surface area (Å²) in [5.41, 5.74) is 0. The Morgan fingerprint density at radius 1 is 1.47 bits per heavy atom. The van der Waals surface area contributed by atoms with Gasteiger partial charge in [-0.25, -0.2) is 0 Å². The summed E-state index contributed by atoms with van der Waals surface area (Å²) in [5.74, 6) is 1.38. The molecule has 0 aliphatic heterocycles. The summed E-state index contributed by atoms with van der Waals surface area (Å²) in [5, 5.41) is 12.6. The van der Waals surface area contributed by atoms with E-state index in [-0.39, 0.29) is 17.8 Å². The molecule has 0 amide bonds. The molecule has 17 heavy (non-hydrogen) atoms. The number of aliphatic hydroxyl groups excluding tert-OH is 1. The topological polar surface area (TPSA) is 62.5 Å². The number of carbonyl (C=O) groups is 1. The lowest BCUT2D eigenvalue weighted by Crippen LogP contribution is -2.31. The van der Waals surface area contributed by atoms with Crippen molar-refractivity contribution in [1.29, 1.82) is 0 Å². The van der Waals surface area contributed by atoms with Crippen molar-refractivity contribution in [3.05, 3.63) is 23.7 Å². The lowest BCUT2D eigenvalue weighted by molar-refractivity contribution is 0.0946. The molecule has 0 spiro atoms. The third-order valence-electron chi connectivity index (χ3n) is 2.67. The van der Waals surface area contributed by atoms with Crippen molar-refractivity contribution in [3.8, 4) is 0 Å². The number of rotatable bonds is 7. The molecule has 0 aromatic carbocycles. The first kappa shape index (κ1) is 13.9. The van der Waals surface area contributed by atoms with E-state index in [2.05, 4.69) is 5.32 Å². The second-order valence-electron chi connectivity index (χ2n) is 4.60. The zero-order valence-electron chi connectivity index (χ0n) is 10.7. The van der Waals surface area contributed by atoms with Gasteiger partial charge in [0.25, 0.3) is 0 Å². The van der Waals surface area contributed by atoms with Crippen molar-refractivity contribution in [2.75, 3.05) is 13.1 Å². The number of aliphatic hydroxyl groups is 1. The van der Waals surface area contributed by atoms with Crippen LogP contribution in [0.25, 0.3) is 0 Å². The Morgan fingerprint density at radius 3 is 2.71 bits per heavy atom. The highest BCUT2D eigenvalue weighted by atomic mass is 16.3. The molecular formula is C13H21NO3. The molecular weight excluding hydrogens is 218 g/mol. The molecule has 0 aliphatic rings. The molecule has 1 rings (SSSR count). The van der Waals surface area contributed by atoms with Gasteiger partial charge < -0.3 is 14.8 Å². The van der Waals surface area contributed by atoms with Gasteiger partial charge >= 0.3 is 0 Å². The summed E-state index contributed by atoms with van der Waals surface area (Å²) in [7, 11) is 0. The molecule has 2 N–H and O–H groups in total. The average molecular weight is 239 g/mol. The molecule has 0 radical (unpaired) electrons. The van der Waals surface area contributed by atoms with Crippen molar-refractivity contribution in [1.82, 2.24) is 5.32 Å². The summed E-state index contributed by atoms with van der Waals surface area (Å²) in [6, 6.07) is 3.48. The van der Waals surface area contributed by atoms with Gasteiger partial charge in [-0.2, -0.15) is 0 Å². The van der Waals surface area contributed by atoms with Gasteiger partial charge in [-0.05, 0) is 25.0 Å². The van der Waals surface area contributed by atoms with Crippen LogP contribution in [0.4, 0.5) is 0 Å². The van der Waals surface area contributed by atoms with E-state index < -0.39 is 0 Å². The quantitative estimate of drug-likeness (QED) is 0.562. The molecule has 0 saturated carbocycles. The van der Waals surface area contributed by atoms with E-state index in [1.165, 1.54) is 0 Å². The molecule has 4 nitrogen and oxygen atoms in total. The summed E-state index contributed by atoms with van der Waals surface area (Å²) in [6.45, 7) is 6.81. The van der Waals surface area contributed by atoms with Gasteiger partial charge in [0.1, 0.15) is 5.76 Å². The van der Waals surface area contributed by atoms with Crippen LogP contribution < -0.4 is 5.32 Å². The van der Waals surface area contributed by atoms with E-state index in [0.717, 1.165) is 5.76 Å². The van der Waals surface area contributed by atoms with Crippen LogP contribution in [0.1, 0.15) is 36.6 Å². The maximum absolute atomic E-state index is 11.6. The highest BCUT2D eigenvalue weighted by molar-refractivity contribution is 5.93. The molecule has 4 heteroatoms. The summed E-state index contributed by atoms with van der Waals surface area (Å²) >= 11 is 0. The third-order valence-corrected chi connectivity index (χ3v) is 2.67. The van der Waals surface area contributed by atoms with E-state index in [1.54, 1.807) is 12.1 Å². The highest BCUT2D eigenvalue weighted by Gasteiger charge is 2.11. The van der Waals surface area contributed by atoms with Crippen LogP contribution in [0.3, 0.4) is 0 Å². The van der Waals surface area contributed by atoms with Crippen LogP contribution >= 0.6 is 0 Å². The number of hydrogen-bond donors (Lipinski definition) is 2. The number of Topliss-reactive ketones (excluding diaryl/α,β-unsaturated/α-hetero) is 1. The first-order valence-corrected chi connectivity index (χ1v) is 5.99. The number of ketones is 1. The predicted octanol–water partition coefficient (Wildman–Crippen LogP) is 1.77. The standard InChI is InChI=1S/C13H21NO3/c1-9(2)12(16)8-14-7-6-11(15)13-5-4-10(3)17-13/h4-5,9,12,14,16H,6-8H2,1-3H3. The third kappa shape index (κ3) is 4.71. The predicted molar refractivity (Wildman–Crippen MR) is 66.1 cm³/mol. The van der Waals surface area contributed by atoms with E-state index in [9.17, 15) is 9.90 Å². The fourth-order valence-corrected chi connectivity index (χ4v) is 1.40. The van der Waals surface area contributed by atoms with Gasteiger partial charge in [-0.3, -0.25) is 4.79 Å². The SMILES string of the molecule is Cc1ccc(C(=O)CCNCC(O)C(C)C)o1. The lowest BCUT2D eigenvalue weighted by Gasteiger charge is -2.14. The lowest BCUT2D eigenvalue weighted by atomic mass is 10.1. The number of aryl methyl sites for hydroxylation is 1. The van der Waals surface area contributed by atoms with Crippen molar-refractivity contribution in [3.63, 3.8) is 0 Å². The zero-order valence-corrected chi connectivity index (χ0v) is 10.7. The van der Waals surface area contributed by atoms with Gasteiger partial charge in [-0.15, -0.1) is 0 Å². The molecule has 1 atom stereocenters. The van der Waals surface area contributed by atoms with E-state index in [0.29, 0.717) is 25.3 Å². The van der Waals surface area contributed by atoms with Gasteiger partial charge in [0.2, 0.25) is 0 Å². The Hall–Kier alpha value is -1.13. The number of nitrogens with one attached hydrogen (secondary N) is 1. The van der Waals surface area contributed by atoms with Crippen LogP contribution in [0.15, 0.2) is 16.5 Å². The largest absolute Gasteiger partial charge is 0.458 e. The number of carbonyl (C=O) groups excluding carboxylic acids is 1. The molecule has 0 bridgehead atoms. The summed E-state index contributed by atoms with van der Waals surface area (Å²) in [4.78, 5) is 11.6. The minimum Gasteiger partial charge on any atom is -0.458 e. The number of furan rings is 1. The average Bonchev–Trinajstić information content (AvgIpc) is 2.70. The van der Waals surface area contributed by atoms with Crippen LogP contribution in [0, 0.1) is 12.8 Å². The molecule has 0 fully saturated rings. The second kappa shape index (κ2) is 6.57. The first-order chi connectivity index (χ1) is 8.00. The fraction of sp³-hybridized carbons (Fsp3) is 0.615. The van der Waals surface area contributed by atoms with Crippen LogP contribution in [0.5, 0.6) is 0 Å². The molecule has 1 aromatic heterocycles. The van der Waals surface area contributed by atoms with Crippen molar-refractivity contribution < 1.29 is 14.3 Å². The van der Waals surface area contributed by atoms with Gasteiger partial charge in [0.05, 0.1) is 6.10 Å². The summed E-state index contributed by atoms with van der Waals surface area (Å²) < 4.78 is 5.23. The minimum absolute atomic E-state index is 0.00960. The Bertz CT molecular complexity index is 357. The molecule has 1 unspecified atom stereocenters. The molecule has 1 aromatic rings. The molecule has 96 valence electrons. The van der Waals surface area contributed by atoms with E-state index in [4.69, 9.17) is 4.42 Å². The Balaban J connectivity index is 2.21. The Labute approximate surface area is 102 Å². The maximum Gasteiger partial charge on any atom is 0.199 e. The maximum atomic E-state index is 11.6. The number of hydrogen-bond acceptors (Lipinski definition) is 4. The second-order valence-corrected chi connectivity index (χ2v) is 4.60. The van der Waals surface area contributed by atoms with Crippen LogP contribution in [-0.2, 0) is 0 Å². The minimum atomic E-state index is -0.365. The Kier molecular flexibility index (Phi) is 5.38. The monoisotopic (exact) mass is 239 g/mol. The van der Waals surface area contributed by atoms with E-state index >= 15 is 0 Å². The van der Waals surface area contributed by atoms with Crippen molar-refractivity contribution in [2.24, 2.45) is 5.92 Å². The van der Waals surface area contributed by atoms with Crippen molar-refractivity contribution in [2.45, 2.75) is 33.3 Å². The van der Waals surface area contributed by atoms with Gasteiger partial charge in [0, 0.05) is 19.5 Å². The highest BCUT2D eigenvalue weighted by Crippen LogP contribution is 2.08. The molecule has 0 saturated heterocycles. The van der Waals surface area contributed by atoms with E-state index in [1.807, 2.05) is 20.8 Å². The normalized spacial score (nSPS) is 13.0. The van der Waals surface area contributed by atoms with Gasteiger partial charge in [0.15, 0.2) is 11.5 Å². The zero-order chi connectivity index (χ0) is 12.8. The van der Waals surface area contributed by atoms with Crippen LogP contribution in [-0.4, -0.2) is 30.1 Å². The first-order valence-electron chi connectivity index (χ1n) is 5.99. The molecule has 0 aliphatic carbocycles. The van der Waals surface area contributed by atoms with Crippen LogP contribution in [0.2, 0.25) is 0 Å². The molecule has 1 heterocycles. The van der Waals surface area contributed by atoms with Gasteiger partial charge in [-0.1, -0.05) is 13.8 Å². The summed E-state index contributed by atoms with van der Waals surface area (Å²) in [6.07, 6.45) is 0.0218. The smallest absolute Gasteiger partial charge is 0.199 e. The Morgan fingerprint density at radius 2 is 2.18 bits per heavy atom. The van der Waals surface area contributed by atoms with Crippen molar-refractivity contribution >= 4 is 5.78 Å². The fourth-order valence-electron chi connectivity index (χ4n) is 1.40.